The zero-order valence-corrected chi connectivity index (χ0v) is 14.0. The van der Waals surface area contributed by atoms with Crippen LogP contribution in [0.1, 0.15) is 34.5 Å². The maximum atomic E-state index is 13.2. The molecule has 0 amide bonds. The molecule has 0 aliphatic carbocycles. The van der Waals surface area contributed by atoms with Gasteiger partial charge in [0.1, 0.15) is 17.2 Å². The van der Waals surface area contributed by atoms with E-state index in [9.17, 15) is 4.79 Å². The molecule has 4 heterocycles. The fourth-order valence-corrected chi connectivity index (χ4v) is 3.84. The number of pyridine rings is 1. The molecule has 1 atom stereocenters. The molecule has 2 aromatic heterocycles. The molecule has 0 spiro atoms. The van der Waals surface area contributed by atoms with Crippen molar-refractivity contribution < 1.29 is 4.79 Å². The molecule has 124 valence electrons. The zero-order valence-electron chi connectivity index (χ0n) is 14.0. The highest BCUT2D eigenvalue weighted by Gasteiger charge is 2.39. The summed E-state index contributed by atoms with van der Waals surface area (Å²) in [6.07, 6.45) is 3.77. The number of benzene rings is 1. The number of carbonyl (C=O) groups is 1. The molecular weight excluding hydrogens is 312 g/mol. The quantitative estimate of drug-likeness (QED) is 0.687. The Balaban J connectivity index is 1.77. The Labute approximate surface area is 145 Å². The molecule has 0 N–H and O–H groups in total. The van der Waals surface area contributed by atoms with E-state index < -0.39 is 0 Å². The Morgan fingerprint density at radius 3 is 2.80 bits per heavy atom. The summed E-state index contributed by atoms with van der Waals surface area (Å²) in [7, 11) is 0. The third kappa shape index (κ3) is 2.12. The second-order valence-corrected chi connectivity index (χ2v) is 6.73. The van der Waals surface area contributed by atoms with Crippen molar-refractivity contribution in [3.63, 3.8) is 0 Å². The number of ketones is 1. The van der Waals surface area contributed by atoms with Gasteiger partial charge in [-0.3, -0.25) is 9.20 Å². The van der Waals surface area contributed by atoms with Crippen LogP contribution < -0.4 is 0 Å². The minimum atomic E-state index is -0.151. The van der Waals surface area contributed by atoms with Crippen molar-refractivity contribution in [2.75, 3.05) is 6.54 Å². The highest BCUT2D eigenvalue weighted by atomic mass is 16.1. The molecular formula is C20H18N4O. The Kier molecular flexibility index (Phi) is 3.04. The molecule has 5 rings (SSSR count). The van der Waals surface area contributed by atoms with Crippen LogP contribution in [0.15, 0.2) is 53.7 Å². The first-order chi connectivity index (χ1) is 12.2. The summed E-state index contributed by atoms with van der Waals surface area (Å²) < 4.78 is 1.87. The average Bonchev–Trinajstić information content (AvgIpc) is 3.22. The van der Waals surface area contributed by atoms with Gasteiger partial charge in [-0.25, -0.2) is 9.98 Å². The summed E-state index contributed by atoms with van der Waals surface area (Å²) in [5.74, 6) is 1.51. The lowest BCUT2D eigenvalue weighted by molar-refractivity contribution is 0.0911. The lowest BCUT2D eigenvalue weighted by atomic mass is 10.1. The third-order valence-electron chi connectivity index (χ3n) is 5.09. The van der Waals surface area contributed by atoms with Gasteiger partial charge < -0.3 is 4.90 Å². The van der Waals surface area contributed by atoms with Crippen LogP contribution in [0.2, 0.25) is 0 Å². The van der Waals surface area contributed by atoms with Gasteiger partial charge in [0.15, 0.2) is 5.82 Å². The summed E-state index contributed by atoms with van der Waals surface area (Å²) in [4.78, 5) is 24.9. The van der Waals surface area contributed by atoms with E-state index in [0.717, 1.165) is 36.4 Å². The summed E-state index contributed by atoms with van der Waals surface area (Å²) in [5.41, 5.74) is 3.62. The van der Waals surface area contributed by atoms with Gasteiger partial charge in [-0.1, -0.05) is 35.9 Å². The van der Waals surface area contributed by atoms with E-state index in [4.69, 9.17) is 4.99 Å². The molecule has 1 fully saturated rings. The number of fused-ring (bicyclic) bond motifs is 4. The zero-order chi connectivity index (χ0) is 17.0. The number of aliphatic imine (C=N–C) groups is 1. The molecule has 2 aliphatic rings. The number of aromatic nitrogens is 2. The molecule has 0 unspecified atom stereocenters. The number of Topliss-reactive ketones (excluding diaryl/α,β-unsaturated/α-hetero) is 1. The first kappa shape index (κ1) is 14.4. The Hall–Kier alpha value is -2.95. The van der Waals surface area contributed by atoms with E-state index in [-0.39, 0.29) is 11.8 Å². The van der Waals surface area contributed by atoms with Gasteiger partial charge in [0, 0.05) is 18.3 Å². The van der Waals surface area contributed by atoms with Gasteiger partial charge in [-0.05, 0) is 31.9 Å². The van der Waals surface area contributed by atoms with Gasteiger partial charge in [0.25, 0.3) is 0 Å². The van der Waals surface area contributed by atoms with Crippen molar-refractivity contribution in [1.82, 2.24) is 14.3 Å². The van der Waals surface area contributed by atoms with Crippen LogP contribution in [0.4, 0.5) is 5.82 Å². The number of carbonyl (C=O) groups excluding carboxylic acids is 1. The van der Waals surface area contributed by atoms with Crippen molar-refractivity contribution in [1.29, 1.82) is 0 Å². The first-order valence-corrected chi connectivity index (χ1v) is 8.66. The minimum Gasteiger partial charge on any atom is -0.346 e. The van der Waals surface area contributed by atoms with E-state index >= 15 is 0 Å². The van der Waals surface area contributed by atoms with E-state index in [1.54, 1.807) is 0 Å². The lowest BCUT2D eigenvalue weighted by Crippen LogP contribution is -2.40. The largest absolute Gasteiger partial charge is 0.346 e. The van der Waals surface area contributed by atoms with Gasteiger partial charge in [-0.2, -0.15) is 0 Å². The van der Waals surface area contributed by atoms with E-state index in [0.29, 0.717) is 11.5 Å². The van der Waals surface area contributed by atoms with Crippen LogP contribution in [-0.4, -0.2) is 38.5 Å². The molecule has 0 radical (unpaired) electrons. The van der Waals surface area contributed by atoms with Crippen molar-refractivity contribution in [3.05, 3.63) is 65.5 Å². The van der Waals surface area contributed by atoms with E-state index in [2.05, 4.69) is 41.1 Å². The van der Waals surface area contributed by atoms with Crippen molar-refractivity contribution in [3.8, 4) is 0 Å². The van der Waals surface area contributed by atoms with Crippen molar-refractivity contribution in [2.24, 2.45) is 4.99 Å². The predicted molar refractivity (Wildman–Crippen MR) is 96.6 cm³/mol. The van der Waals surface area contributed by atoms with Gasteiger partial charge in [-0.15, -0.1) is 0 Å². The van der Waals surface area contributed by atoms with Gasteiger partial charge in [0.05, 0.1) is 6.04 Å². The van der Waals surface area contributed by atoms with Crippen LogP contribution in [-0.2, 0) is 0 Å². The maximum absolute atomic E-state index is 13.2. The molecule has 1 aromatic carbocycles. The number of hydrogen-bond donors (Lipinski definition) is 0. The molecule has 5 heteroatoms. The highest BCUT2D eigenvalue weighted by molar-refractivity contribution is 6.11. The summed E-state index contributed by atoms with van der Waals surface area (Å²) >= 11 is 0. The van der Waals surface area contributed by atoms with Crippen molar-refractivity contribution >= 4 is 23.1 Å². The molecule has 3 aromatic rings. The Morgan fingerprint density at radius 1 is 1.12 bits per heavy atom. The molecule has 2 aliphatic heterocycles. The number of hydrogen-bond acceptors (Lipinski definition) is 4. The van der Waals surface area contributed by atoms with Crippen LogP contribution in [0.25, 0.3) is 5.65 Å². The third-order valence-corrected chi connectivity index (χ3v) is 5.09. The summed E-state index contributed by atoms with van der Waals surface area (Å²) in [5, 5.41) is 0. The molecule has 25 heavy (non-hydrogen) atoms. The minimum absolute atomic E-state index is 0.122. The van der Waals surface area contributed by atoms with Gasteiger partial charge >= 0.3 is 0 Å². The number of imidazole rings is 1. The van der Waals surface area contributed by atoms with Crippen LogP contribution >= 0.6 is 0 Å². The average molecular weight is 330 g/mol. The summed E-state index contributed by atoms with van der Waals surface area (Å²) in [6, 6.07) is 13.9. The second kappa shape index (κ2) is 5.28. The Morgan fingerprint density at radius 2 is 1.96 bits per heavy atom. The predicted octanol–water partition coefficient (Wildman–Crippen LogP) is 3.38. The topological polar surface area (TPSA) is 50.0 Å². The van der Waals surface area contributed by atoms with E-state index in [1.165, 1.54) is 5.56 Å². The van der Waals surface area contributed by atoms with E-state index in [1.807, 2.05) is 28.8 Å². The molecule has 0 bridgehead atoms. The second-order valence-electron chi connectivity index (χ2n) is 6.73. The normalized spacial score (nSPS) is 19.6. The van der Waals surface area contributed by atoms with Crippen LogP contribution in [0.5, 0.6) is 0 Å². The SMILES string of the molecule is Cc1ccc(C2=Nc3nc4ccccn4c3C(=O)[C@@H]3CCCN23)cc1. The van der Waals surface area contributed by atoms with Crippen LogP contribution in [0, 0.1) is 6.92 Å². The fourth-order valence-electron chi connectivity index (χ4n) is 3.84. The lowest BCUT2D eigenvalue weighted by Gasteiger charge is -2.25. The first-order valence-electron chi connectivity index (χ1n) is 8.66. The highest BCUT2D eigenvalue weighted by Crippen LogP contribution is 2.33. The summed E-state index contributed by atoms with van der Waals surface area (Å²) in [6.45, 7) is 2.93. The maximum Gasteiger partial charge on any atom is 0.205 e. The molecule has 0 saturated carbocycles. The number of rotatable bonds is 1. The smallest absolute Gasteiger partial charge is 0.205 e. The number of aryl methyl sites for hydroxylation is 1. The van der Waals surface area contributed by atoms with Crippen LogP contribution in [0.3, 0.4) is 0 Å². The Bertz CT molecular complexity index is 1020. The van der Waals surface area contributed by atoms with Gasteiger partial charge in [0.2, 0.25) is 5.78 Å². The number of nitrogens with zero attached hydrogens (tertiary/aromatic N) is 4. The molecule has 5 nitrogen and oxygen atoms in total. The standard InChI is InChI=1S/C20H18N4O/c1-13-7-9-14(10-8-13)20-22-19-17(18(25)15-5-4-12-23(15)20)24-11-3-2-6-16(24)21-19/h2-3,6-11,15H,4-5,12H2,1H3/t15-/m0/s1. The van der Waals surface area contributed by atoms with Crippen molar-refractivity contribution in [2.45, 2.75) is 25.8 Å². The molecule has 1 saturated heterocycles. The fraction of sp³-hybridized carbons (Fsp3) is 0.250. The monoisotopic (exact) mass is 330 g/mol. The number of amidine groups is 1.